The Kier molecular flexibility index (Phi) is 4.52. The molecule has 0 fully saturated rings. The summed E-state index contributed by atoms with van der Waals surface area (Å²) in [6.07, 6.45) is 1.60. The van der Waals surface area contributed by atoms with Crippen molar-refractivity contribution in [3.8, 4) is 11.6 Å². The fourth-order valence-corrected chi connectivity index (χ4v) is 2.58. The lowest BCUT2D eigenvalue weighted by Crippen LogP contribution is -2.27. The molecule has 0 aliphatic carbocycles. The highest BCUT2D eigenvalue weighted by Crippen LogP contribution is 2.24. The predicted molar refractivity (Wildman–Crippen MR) is 96.6 cm³/mol. The lowest BCUT2D eigenvalue weighted by atomic mass is 10.1. The fraction of sp³-hybridized carbons (Fsp3) is 0.211. The molecule has 2 aromatic heterocycles. The molecular formula is C19H19N3O3. The number of carbonyl (C=O) groups excluding carboxylic acids is 1. The van der Waals surface area contributed by atoms with Gasteiger partial charge in [0.1, 0.15) is 5.75 Å². The first-order valence-electron chi connectivity index (χ1n) is 7.77. The number of hydrogen-bond acceptors (Lipinski definition) is 5. The molecule has 0 spiro atoms. The van der Waals surface area contributed by atoms with Crippen LogP contribution in [0.4, 0.5) is 5.69 Å². The molecule has 1 amide bonds. The lowest BCUT2D eigenvalue weighted by Gasteiger charge is -2.18. The van der Waals surface area contributed by atoms with Gasteiger partial charge in [-0.3, -0.25) is 9.78 Å². The van der Waals surface area contributed by atoms with Crippen molar-refractivity contribution in [2.75, 3.05) is 26.2 Å². The largest absolute Gasteiger partial charge is 0.497 e. The Balaban J connectivity index is 1.98. The summed E-state index contributed by atoms with van der Waals surface area (Å²) in [4.78, 5) is 23.1. The second kappa shape index (κ2) is 6.76. The Morgan fingerprint density at radius 2 is 1.88 bits per heavy atom. The lowest BCUT2D eigenvalue weighted by molar-refractivity contribution is 0.0992. The summed E-state index contributed by atoms with van der Waals surface area (Å²) < 4.78 is 10.3. The van der Waals surface area contributed by atoms with E-state index in [0.717, 1.165) is 16.7 Å². The van der Waals surface area contributed by atoms with Gasteiger partial charge >= 0.3 is 0 Å². The normalized spacial score (nSPS) is 10.6. The number of nitrogens with zero attached hydrogens (tertiary/aromatic N) is 3. The van der Waals surface area contributed by atoms with Crippen molar-refractivity contribution in [3.63, 3.8) is 0 Å². The Morgan fingerprint density at radius 1 is 1.08 bits per heavy atom. The van der Waals surface area contributed by atoms with Crippen LogP contribution in [-0.2, 0) is 0 Å². The van der Waals surface area contributed by atoms with Crippen LogP contribution in [0, 0.1) is 6.92 Å². The third kappa shape index (κ3) is 3.24. The maximum Gasteiger partial charge on any atom is 0.259 e. The summed E-state index contributed by atoms with van der Waals surface area (Å²) in [7, 11) is 4.87. The Labute approximate surface area is 146 Å². The van der Waals surface area contributed by atoms with Crippen LogP contribution in [0.15, 0.2) is 42.6 Å². The number of aromatic nitrogens is 2. The molecule has 128 valence electrons. The number of aryl methyl sites for hydroxylation is 1. The van der Waals surface area contributed by atoms with Gasteiger partial charge in [-0.15, -0.1) is 0 Å². The van der Waals surface area contributed by atoms with Crippen molar-refractivity contribution in [2.24, 2.45) is 0 Å². The van der Waals surface area contributed by atoms with Crippen molar-refractivity contribution < 1.29 is 14.3 Å². The highest BCUT2D eigenvalue weighted by atomic mass is 16.5. The molecule has 0 saturated heterocycles. The number of amides is 1. The predicted octanol–water partition coefficient (Wildman–Crippen LogP) is 3.23. The number of fused-ring (bicyclic) bond motifs is 1. The maximum absolute atomic E-state index is 12.9. The van der Waals surface area contributed by atoms with Crippen molar-refractivity contribution in [2.45, 2.75) is 6.92 Å². The first-order valence-corrected chi connectivity index (χ1v) is 7.77. The SMILES string of the molecule is COc1ccc2nc(C)c(C(=O)N(C)c3ccc(OC)nc3)cc2c1. The van der Waals surface area contributed by atoms with Crippen molar-refractivity contribution in [1.82, 2.24) is 9.97 Å². The van der Waals surface area contributed by atoms with Crippen LogP contribution in [0.1, 0.15) is 16.1 Å². The Hall–Kier alpha value is -3.15. The van der Waals surface area contributed by atoms with E-state index in [1.165, 1.54) is 0 Å². The molecule has 0 bridgehead atoms. The van der Waals surface area contributed by atoms with Crippen LogP contribution < -0.4 is 14.4 Å². The van der Waals surface area contributed by atoms with Crippen LogP contribution in [0.25, 0.3) is 10.9 Å². The maximum atomic E-state index is 12.9. The monoisotopic (exact) mass is 337 g/mol. The van der Waals surface area contributed by atoms with Gasteiger partial charge in [-0.05, 0) is 37.3 Å². The smallest absolute Gasteiger partial charge is 0.259 e. The fourth-order valence-electron chi connectivity index (χ4n) is 2.58. The minimum absolute atomic E-state index is 0.151. The van der Waals surface area contributed by atoms with E-state index in [9.17, 15) is 4.79 Å². The molecule has 3 rings (SSSR count). The highest BCUT2D eigenvalue weighted by Gasteiger charge is 2.18. The van der Waals surface area contributed by atoms with Gasteiger partial charge in [0.2, 0.25) is 5.88 Å². The second-order valence-electron chi connectivity index (χ2n) is 5.60. The quantitative estimate of drug-likeness (QED) is 0.731. The van der Waals surface area contributed by atoms with Gasteiger partial charge in [0.05, 0.1) is 42.9 Å². The zero-order valence-corrected chi connectivity index (χ0v) is 14.6. The van der Waals surface area contributed by atoms with Gasteiger partial charge in [0.15, 0.2) is 0 Å². The van der Waals surface area contributed by atoms with Gasteiger partial charge in [-0.2, -0.15) is 0 Å². The van der Waals surface area contributed by atoms with E-state index < -0.39 is 0 Å². The summed E-state index contributed by atoms with van der Waals surface area (Å²) in [6, 6.07) is 11.0. The number of carbonyl (C=O) groups is 1. The number of pyridine rings is 2. The van der Waals surface area contributed by atoms with Gasteiger partial charge in [0, 0.05) is 18.5 Å². The average Bonchev–Trinajstić information content (AvgIpc) is 2.66. The van der Waals surface area contributed by atoms with Crippen molar-refractivity contribution >= 4 is 22.5 Å². The zero-order chi connectivity index (χ0) is 18.0. The molecule has 6 heteroatoms. The van der Waals surface area contributed by atoms with Crippen molar-refractivity contribution in [3.05, 3.63) is 53.9 Å². The molecule has 0 radical (unpaired) electrons. The van der Waals surface area contributed by atoms with Crippen LogP contribution in [0.2, 0.25) is 0 Å². The minimum Gasteiger partial charge on any atom is -0.497 e. The van der Waals surface area contributed by atoms with Crippen LogP contribution in [-0.4, -0.2) is 37.1 Å². The summed E-state index contributed by atoms with van der Waals surface area (Å²) >= 11 is 0. The van der Waals surface area contributed by atoms with Crippen LogP contribution in [0.5, 0.6) is 11.6 Å². The summed E-state index contributed by atoms with van der Waals surface area (Å²) in [6.45, 7) is 1.83. The molecule has 0 atom stereocenters. The summed E-state index contributed by atoms with van der Waals surface area (Å²) in [5, 5.41) is 0.856. The molecule has 0 aliphatic rings. The van der Waals surface area contributed by atoms with E-state index in [1.807, 2.05) is 31.2 Å². The highest BCUT2D eigenvalue weighted by molar-refractivity contribution is 6.08. The second-order valence-corrected chi connectivity index (χ2v) is 5.60. The zero-order valence-electron chi connectivity index (χ0n) is 14.6. The third-order valence-corrected chi connectivity index (χ3v) is 4.06. The third-order valence-electron chi connectivity index (χ3n) is 4.06. The number of hydrogen-bond donors (Lipinski definition) is 0. The number of rotatable bonds is 4. The molecule has 0 unspecified atom stereocenters. The van der Waals surface area contributed by atoms with Gasteiger partial charge in [-0.1, -0.05) is 0 Å². The molecule has 1 aromatic carbocycles. The van der Waals surface area contributed by atoms with Crippen molar-refractivity contribution in [1.29, 1.82) is 0 Å². The van der Waals surface area contributed by atoms with E-state index in [0.29, 0.717) is 22.8 Å². The molecule has 2 heterocycles. The topological polar surface area (TPSA) is 64.5 Å². The van der Waals surface area contributed by atoms with Gasteiger partial charge in [-0.25, -0.2) is 4.98 Å². The first-order chi connectivity index (χ1) is 12.0. The van der Waals surface area contributed by atoms with Crippen LogP contribution >= 0.6 is 0 Å². The van der Waals surface area contributed by atoms with E-state index in [4.69, 9.17) is 9.47 Å². The van der Waals surface area contributed by atoms with Crippen LogP contribution in [0.3, 0.4) is 0 Å². The summed E-state index contributed by atoms with van der Waals surface area (Å²) in [5.74, 6) is 1.08. The molecule has 6 nitrogen and oxygen atoms in total. The van der Waals surface area contributed by atoms with Gasteiger partial charge < -0.3 is 14.4 Å². The summed E-state index contributed by atoms with van der Waals surface area (Å²) in [5.41, 5.74) is 2.72. The number of methoxy groups -OCH3 is 2. The van der Waals surface area contributed by atoms with E-state index in [-0.39, 0.29) is 5.91 Å². The number of anilines is 1. The molecular weight excluding hydrogens is 318 g/mol. The molecule has 0 saturated carbocycles. The number of benzene rings is 1. The Morgan fingerprint density at radius 3 is 2.52 bits per heavy atom. The molecule has 0 N–H and O–H groups in total. The van der Waals surface area contributed by atoms with E-state index in [2.05, 4.69) is 9.97 Å². The average molecular weight is 337 g/mol. The minimum atomic E-state index is -0.151. The number of ether oxygens (including phenoxy) is 2. The van der Waals surface area contributed by atoms with E-state index in [1.54, 1.807) is 44.5 Å². The molecule has 0 aliphatic heterocycles. The standard InChI is InChI=1S/C19H19N3O3/c1-12-16(10-13-9-15(24-3)6-7-17(13)21-12)19(23)22(2)14-5-8-18(25-4)20-11-14/h5-11H,1-4H3. The molecule has 3 aromatic rings. The van der Waals surface area contributed by atoms with E-state index >= 15 is 0 Å². The Bertz CT molecular complexity index is 923. The van der Waals surface area contributed by atoms with Gasteiger partial charge in [0.25, 0.3) is 5.91 Å². The first kappa shape index (κ1) is 16.7. The molecule has 25 heavy (non-hydrogen) atoms.